The summed E-state index contributed by atoms with van der Waals surface area (Å²) in [4.78, 5) is 13.7. The first-order chi connectivity index (χ1) is 9.95. The van der Waals surface area contributed by atoms with Crippen molar-refractivity contribution in [3.63, 3.8) is 0 Å². The minimum absolute atomic E-state index is 0.179. The molecule has 0 aliphatic carbocycles. The molecule has 1 aromatic rings. The van der Waals surface area contributed by atoms with E-state index in [1.807, 2.05) is 25.8 Å². The van der Waals surface area contributed by atoms with Gasteiger partial charge in [0.2, 0.25) is 0 Å². The van der Waals surface area contributed by atoms with Gasteiger partial charge in [-0.3, -0.25) is 4.79 Å². The molecular formula is C16H25FN2O2. The van der Waals surface area contributed by atoms with Crippen LogP contribution in [0.1, 0.15) is 27.2 Å². The second-order valence-corrected chi connectivity index (χ2v) is 5.29. The zero-order valence-electron chi connectivity index (χ0n) is 13.2. The number of hydrogen-bond acceptors (Lipinski definition) is 4. The lowest BCUT2D eigenvalue weighted by molar-refractivity contribution is -0.146. The fraction of sp³-hybridized carbons (Fsp3) is 0.562. The van der Waals surface area contributed by atoms with Gasteiger partial charge in [-0.05, 0) is 25.5 Å². The van der Waals surface area contributed by atoms with Gasteiger partial charge in [-0.2, -0.15) is 0 Å². The smallest absolute Gasteiger partial charge is 0.323 e. The first kappa shape index (κ1) is 17.4. The number of anilines is 1. The number of nitrogens with one attached hydrogen (secondary N) is 1. The number of hydrogen-bond donors (Lipinski definition) is 1. The van der Waals surface area contributed by atoms with Gasteiger partial charge < -0.3 is 15.0 Å². The van der Waals surface area contributed by atoms with E-state index >= 15 is 0 Å². The van der Waals surface area contributed by atoms with Crippen molar-refractivity contribution >= 4 is 11.7 Å². The molecule has 1 aromatic carbocycles. The lowest BCUT2D eigenvalue weighted by atomic mass is 10.1. The summed E-state index contributed by atoms with van der Waals surface area (Å²) in [6.07, 6.45) is 0.557. The summed E-state index contributed by atoms with van der Waals surface area (Å²) >= 11 is 0. The van der Waals surface area contributed by atoms with Crippen molar-refractivity contribution in [3.05, 3.63) is 30.1 Å². The van der Waals surface area contributed by atoms with E-state index in [9.17, 15) is 9.18 Å². The summed E-state index contributed by atoms with van der Waals surface area (Å²) in [5.74, 6) is -0.516. The number of para-hydroxylation sites is 1. The molecule has 0 heterocycles. The molecule has 0 aromatic heterocycles. The lowest BCUT2D eigenvalue weighted by Crippen LogP contribution is -2.43. The maximum atomic E-state index is 13.7. The molecule has 21 heavy (non-hydrogen) atoms. The summed E-state index contributed by atoms with van der Waals surface area (Å²) in [5, 5.41) is 3.19. The van der Waals surface area contributed by atoms with E-state index in [1.165, 1.54) is 6.07 Å². The Kier molecular flexibility index (Phi) is 7.15. The Balaban J connectivity index is 2.63. The van der Waals surface area contributed by atoms with Gasteiger partial charge >= 0.3 is 5.97 Å². The number of rotatable bonds is 8. The third kappa shape index (κ3) is 5.71. The SMILES string of the molecule is CCOC(=O)C(CCN(C)c1ccccc1F)NC(C)C. The molecular weight excluding hydrogens is 271 g/mol. The van der Waals surface area contributed by atoms with Gasteiger partial charge in [0.05, 0.1) is 12.3 Å². The lowest BCUT2D eigenvalue weighted by Gasteiger charge is -2.24. The molecule has 1 N–H and O–H groups in total. The Bertz CT molecular complexity index is 452. The summed E-state index contributed by atoms with van der Waals surface area (Å²) < 4.78 is 18.8. The number of ether oxygens (including phenoxy) is 1. The van der Waals surface area contributed by atoms with E-state index in [0.717, 1.165) is 0 Å². The van der Waals surface area contributed by atoms with Crippen molar-refractivity contribution in [1.82, 2.24) is 5.32 Å². The quantitative estimate of drug-likeness (QED) is 0.749. The highest BCUT2D eigenvalue weighted by Crippen LogP contribution is 2.17. The fourth-order valence-corrected chi connectivity index (χ4v) is 2.12. The van der Waals surface area contributed by atoms with Crippen LogP contribution >= 0.6 is 0 Å². The molecule has 1 atom stereocenters. The number of halogens is 1. The van der Waals surface area contributed by atoms with Crippen LogP contribution in [0, 0.1) is 5.82 Å². The summed E-state index contributed by atoms with van der Waals surface area (Å²) in [5.41, 5.74) is 0.532. The third-order valence-electron chi connectivity index (χ3n) is 3.12. The van der Waals surface area contributed by atoms with Gasteiger partial charge in [-0.25, -0.2) is 4.39 Å². The number of carbonyl (C=O) groups is 1. The van der Waals surface area contributed by atoms with Crippen LogP contribution in [0.3, 0.4) is 0 Å². The van der Waals surface area contributed by atoms with Crippen LogP contribution in [-0.2, 0) is 9.53 Å². The second kappa shape index (κ2) is 8.62. The average molecular weight is 296 g/mol. The molecule has 0 aliphatic heterocycles. The zero-order valence-corrected chi connectivity index (χ0v) is 13.2. The topological polar surface area (TPSA) is 41.6 Å². The van der Waals surface area contributed by atoms with Gasteiger partial charge in [0.25, 0.3) is 0 Å². The number of esters is 1. The molecule has 0 fully saturated rings. The predicted molar refractivity (Wildman–Crippen MR) is 83.0 cm³/mol. The zero-order chi connectivity index (χ0) is 15.8. The van der Waals surface area contributed by atoms with Gasteiger partial charge in [0.1, 0.15) is 11.9 Å². The highest BCUT2D eigenvalue weighted by atomic mass is 19.1. The molecule has 0 amide bonds. The average Bonchev–Trinajstić information content (AvgIpc) is 2.43. The Labute approximate surface area is 126 Å². The molecule has 118 valence electrons. The largest absolute Gasteiger partial charge is 0.465 e. The highest BCUT2D eigenvalue weighted by Gasteiger charge is 2.21. The minimum Gasteiger partial charge on any atom is -0.465 e. The first-order valence-electron chi connectivity index (χ1n) is 7.34. The molecule has 0 spiro atoms. The van der Waals surface area contributed by atoms with Crippen molar-refractivity contribution in [2.24, 2.45) is 0 Å². The van der Waals surface area contributed by atoms with Crippen LogP contribution in [-0.4, -0.2) is 38.3 Å². The summed E-state index contributed by atoms with van der Waals surface area (Å²) in [6.45, 7) is 6.66. The fourth-order valence-electron chi connectivity index (χ4n) is 2.12. The Morgan fingerprint density at radius 3 is 2.62 bits per heavy atom. The number of benzene rings is 1. The monoisotopic (exact) mass is 296 g/mol. The van der Waals surface area contributed by atoms with Crippen LogP contribution in [0.25, 0.3) is 0 Å². The molecule has 0 aliphatic rings. The van der Waals surface area contributed by atoms with E-state index in [4.69, 9.17) is 4.74 Å². The standard InChI is InChI=1S/C16H25FN2O2/c1-5-21-16(20)14(18-12(2)3)10-11-19(4)15-9-7-6-8-13(15)17/h6-9,12,14,18H,5,10-11H2,1-4H3. The van der Waals surface area contributed by atoms with Crippen molar-refractivity contribution in [3.8, 4) is 0 Å². The van der Waals surface area contributed by atoms with Crippen LogP contribution in [0.15, 0.2) is 24.3 Å². The Hall–Kier alpha value is -1.62. The van der Waals surface area contributed by atoms with Gasteiger partial charge in [-0.1, -0.05) is 26.0 Å². The normalized spacial score (nSPS) is 12.3. The minimum atomic E-state index is -0.376. The molecule has 0 bridgehead atoms. The summed E-state index contributed by atoms with van der Waals surface area (Å²) in [7, 11) is 1.82. The van der Waals surface area contributed by atoms with Crippen molar-refractivity contribution in [2.45, 2.75) is 39.3 Å². The van der Waals surface area contributed by atoms with E-state index in [-0.39, 0.29) is 23.9 Å². The van der Waals surface area contributed by atoms with E-state index in [0.29, 0.717) is 25.3 Å². The Morgan fingerprint density at radius 1 is 1.38 bits per heavy atom. The van der Waals surface area contributed by atoms with Crippen LogP contribution in [0.4, 0.5) is 10.1 Å². The van der Waals surface area contributed by atoms with Crippen LogP contribution < -0.4 is 10.2 Å². The van der Waals surface area contributed by atoms with Crippen LogP contribution in [0.5, 0.6) is 0 Å². The predicted octanol–water partition coefficient (Wildman–Crippen LogP) is 2.58. The first-order valence-corrected chi connectivity index (χ1v) is 7.34. The van der Waals surface area contributed by atoms with Gasteiger partial charge in [-0.15, -0.1) is 0 Å². The van der Waals surface area contributed by atoms with E-state index in [1.54, 1.807) is 25.1 Å². The molecule has 4 nitrogen and oxygen atoms in total. The molecule has 0 saturated carbocycles. The molecule has 1 unspecified atom stereocenters. The van der Waals surface area contributed by atoms with E-state index in [2.05, 4.69) is 5.32 Å². The number of carbonyl (C=O) groups excluding carboxylic acids is 1. The highest BCUT2D eigenvalue weighted by molar-refractivity contribution is 5.75. The second-order valence-electron chi connectivity index (χ2n) is 5.29. The summed E-state index contributed by atoms with van der Waals surface area (Å²) in [6, 6.07) is 6.42. The van der Waals surface area contributed by atoms with E-state index < -0.39 is 0 Å². The van der Waals surface area contributed by atoms with Crippen molar-refractivity contribution < 1.29 is 13.9 Å². The number of nitrogens with zero attached hydrogens (tertiary/aromatic N) is 1. The van der Waals surface area contributed by atoms with Crippen LogP contribution in [0.2, 0.25) is 0 Å². The molecule has 1 rings (SSSR count). The van der Waals surface area contributed by atoms with Gasteiger partial charge in [0.15, 0.2) is 0 Å². The van der Waals surface area contributed by atoms with Gasteiger partial charge in [0, 0.05) is 19.6 Å². The maximum absolute atomic E-state index is 13.7. The maximum Gasteiger partial charge on any atom is 0.323 e. The molecule has 0 saturated heterocycles. The molecule has 0 radical (unpaired) electrons. The Morgan fingerprint density at radius 2 is 2.05 bits per heavy atom. The third-order valence-corrected chi connectivity index (χ3v) is 3.12. The van der Waals surface area contributed by atoms with Crippen molar-refractivity contribution in [1.29, 1.82) is 0 Å². The van der Waals surface area contributed by atoms with Crippen molar-refractivity contribution in [2.75, 3.05) is 25.1 Å². The molecule has 5 heteroatoms.